The maximum atomic E-state index is 13.0. The van der Waals surface area contributed by atoms with Gasteiger partial charge in [0.15, 0.2) is 11.5 Å². The maximum absolute atomic E-state index is 13.0. The summed E-state index contributed by atoms with van der Waals surface area (Å²) < 4.78 is 37.0. The number of ether oxygens (including phenoxy) is 2. The van der Waals surface area contributed by atoms with Gasteiger partial charge in [-0.2, -0.15) is 0 Å². The van der Waals surface area contributed by atoms with Gasteiger partial charge in [0.05, 0.1) is 13.1 Å². The summed E-state index contributed by atoms with van der Waals surface area (Å²) in [5.74, 6) is -2.85. The Balaban J connectivity index is 2.01. The Kier molecular flexibility index (Phi) is 4.08. The van der Waals surface area contributed by atoms with Gasteiger partial charge < -0.3 is 20.5 Å². The first-order valence-electron chi connectivity index (χ1n) is 6.21. The topological polar surface area (TPSA) is 73.6 Å². The van der Waals surface area contributed by atoms with E-state index in [1.165, 1.54) is 0 Å². The highest BCUT2D eigenvalue weighted by Gasteiger charge is 2.36. The van der Waals surface area contributed by atoms with Crippen LogP contribution in [0, 0.1) is 0 Å². The molecule has 110 valence electrons. The van der Waals surface area contributed by atoms with E-state index in [1.54, 1.807) is 31.2 Å². The predicted molar refractivity (Wildman–Crippen MR) is 68.0 cm³/mol. The number of alkyl halides is 2. The van der Waals surface area contributed by atoms with Gasteiger partial charge in [-0.1, -0.05) is 12.1 Å². The zero-order valence-electron chi connectivity index (χ0n) is 10.9. The quantitative estimate of drug-likeness (QED) is 0.863. The number of rotatable bonds is 4. The van der Waals surface area contributed by atoms with Gasteiger partial charge in [0, 0.05) is 0 Å². The number of hydrogen-bond donors (Lipinski definition) is 2. The van der Waals surface area contributed by atoms with Crippen molar-refractivity contribution >= 4 is 5.91 Å². The molecular weight excluding hydrogens is 270 g/mol. The molecule has 1 aliphatic heterocycles. The first-order valence-corrected chi connectivity index (χ1v) is 6.21. The summed E-state index contributed by atoms with van der Waals surface area (Å²) in [6.45, 7) is -0.00842. The second kappa shape index (κ2) is 5.62. The van der Waals surface area contributed by atoms with Gasteiger partial charge in [-0.05, 0) is 19.1 Å². The standard InChI is InChI=1S/C13H16F2N2O3/c1-8-11(12(18)17-7-13(14,15)6-16)20-10-5-3-2-4-9(10)19-8/h2-5,8,11H,6-7,16H2,1H3,(H,17,18). The van der Waals surface area contributed by atoms with Gasteiger partial charge in [-0.3, -0.25) is 4.79 Å². The normalized spacial score (nSPS) is 21.4. The van der Waals surface area contributed by atoms with Gasteiger partial charge in [0.2, 0.25) is 6.10 Å². The monoisotopic (exact) mass is 286 g/mol. The second-order valence-corrected chi connectivity index (χ2v) is 4.59. The van der Waals surface area contributed by atoms with Crippen molar-refractivity contribution in [1.29, 1.82) is 0 Å². The lowest BCUT2D eigenvalue weighted by atomic mass is 10.1. The van der Waals surface area contributed by atoms with Crippen molar-refractivity contribution in [1.82, 2.24) is 5.32 Å². The van der Waals surface area contributed by atoms with E-state index >= 15 is 0 Å². The van der Waals surface area contributed by atoms with E-state index in [-0.39, 0.29) is 0 Å². The van der Waals surface area contributed by atoms with Crippen LogP contribution >= 0.6 is 0 Å². The first-order chi connectivity index (χ1) is 9.43. The molecule has 2 unspecified atom stereocenters. The van der Waals surface area contributed by atoms with E-state index in [4.69, 9.17) is 15.2 Å². The SMILES string of the molecule is CC1Oc2ccccc2OC1C(=O)NCC(F)(F)CN. The molecule has 7 heteroatoms. The molecule has 0 radical (unpaired) electrons. The third-order valence-corrected chi connectivity index (χ3v) is 2.92. The number of benzene rings is 1. The van der Waals surface area contributed by atoms with E-state index < -0.39 is 37.1 Å². The number of para-hydroxylation sites is 2. The largest absolute Gasteiger partial charge is 0.482 e. The van der Waals surface area contributed by atoms with Crippen molar-refractivity contribution < 1.29 is 23.0 Å². The summed E-state index contributed by atoms with van der Waals surface area (Å²) in [5.41, 5.74) is 4.90. The lowest BCUT2D eigenvalue weighted by Gasteiger charge is -2.31. The van der Waals surface area contributed by atoms with Crippen LogP contribution in [-0.4, -0.2) is 37.1 Å². The summed E-state index contributed by atoms with van der Waals surface area (Å²) in [5, 5.41) is 2.13. The third-order valence-electron chi connectivity index (χ3n) is 2.92. The summed E-state index contributed by atoms with van der Waals surface area (Å²) in [7, 11) is 0. The highest BCUT2D eigenvalue weighted by molar-refractivity contribution is 5.82. The van der Waals surface area contributed by atoms with Gasteiger partial charge in [-0.15, -0.1) is 0 Å². The average molecular weight is 286 g/mol. The van der Waals surface area contributed by atoms with Gasteiger partial charge in [0.1, 0.15) is 6.10 Å². The molecule has 3 N–H and O–H groups in total. The number of carbonyl (C=O) groups excluding carboxylic acids is 1. The molecule has 0 saturated heterocycles. The second-order valence-electron chi connectivity index (χ2n) is 4.59. The number of nitrogens with one attached hydrogen (secondary N) is 1. The molecule has 1 aromatic rings. The lowest BCUT2D eigenvalue weighted by Crippen LogP contribution is -2.52. The van der Waals surface area contributed by atoms with Crippen molar-refractivity contribution in [2.45, 2.75) is 25.1 Å². The Bertz CT molecular complexity index is 496. The summed E-state index contributed by atoms with van der Waals surface area (Å²) >= 11 is 0. The highest BCUT2D eigenvalue weighted by atomic mass is 19.3. The molecule has 0 aromatic heterocycles. The van der Waals surface area contributed by atoms with E-state index in [2.05, 4.69) is 5.32 Å². The molecule has 0 aliphatic carbocycles. The molecule has 0 fully saturated rings. The molecule has 2 atom stereocenters. The molecule has 5 nitrogen and oxygen atoms in total. The minimum absolute atomic E-state index is 0.413. The van der Waals surface area contributed by atoms with Crippen molar-refractivity contribution in [2.24, 2.45) is 5.73 Å². The van der Waals surface area contributed by atoms with Crippen molar-refractivity contribution in [3.8, 4) is 11.5 Å². The van der Waals surface area contributed by atoms with Crippen LogP contribution in [0.3, 0.4) is 0 Å². The van der Waals surface area contributed by atoms with E-state index in [1.807, 2.05) is 0 Å². The van der Waals surface area contributed by atoms with Crippen LogP contribution < -0.4 is 20.5 Å². The van der Waals surface area contributed by atoms with E-state index in [9.17, 15) is 13.6 Å². The van der Waals surface area contributed by atoms with Crippen LogP contribution in [0.1, 0.15) is 6.92 Å². The molecule has 1 amide bonds. The van der Waals surface area contributed by atoms with Crippen LogP contribution in [-0.2, 0) is 4.79 Å². The fourth-order valence-corrected chi connectivity index (χ4v) is 1.80. The van der Waals surface area contributed by atoms with Crippen molar-refractivity contribution in [3.63, 3.8) is 0 Å². The lowest BCUT2D eigenvalue weighted by molar-refractivity contribution is -0.135. The number of fused-ring (bicyclic) bond motifs is 1. The molecule has 1 heterocycles. The van der Waals surface area contributed by atoms with Gasteiger partial charge in [0.25, 0.3) is 11.8 Å². The summed E-state index contributed by atoms with van der Waals surface area (Å²) in [6.07, 6.45) is -1.55. The number of hydrogen-bond acceptors (Lipinski definition) is 4. The molecule has 1 aliphatic rings. The molecule has 0 bridgehead atoms. The minimum Gasteiger partial charge on any atom is -0.482 e. The van der Waals surface area contributed by atoms with Gasteiger partial charge in [-0.25, -0.2) is 8.78 Å². The molecule has 0 saturated carbocycles. The first kappa shape index (κ1) is 14.5. The fourth-order valence-electron chi connectivity index (χ4n) is 1.80. The Morgan fingerprint density at radius 2 is 1.95 bits per heavy atom. The van der Waals surface area contributed by atoms with Crippen molar-refractivity contribution in [3.05, 3.63) is 24.3 Å². The molecule has 2 rings (SSSR count). The molecule has 1 aromatic carbocycles. The number of carbonyl (C=O) groups is 1. The summed E-state index contributed by atoms with van der Waals surface area (Å²) in [6, 6.07) is 6.87. The predicted octanol–water partition coefficient (Wildman–Crippen LogP) is 0.925. The maximum Gasteiger partial charge on any atom is 0.277 e. The average Bonchev–Trinajstić information content (AvgIpc) is 2.44. The zero-order chi connectivity index (χ0) is 14.8. The Labute approximate surface area is 115 Å². The van der Waals surface area contributed by atoms with Crippen LogP contribution in [0.4, 0.5) is 8.78 Å². The van der Waals surface area contributed by atoms with Crippen LogP contribution in [0.5, 0.6) is 11.5 Å². The fraction of sp³-hybridized carbons (Fsp3) is 0.462. The van der Waals surface area contributed by atoms with Crippen LogP contribution in [0.2, 0.25) is 0 Å². The Morgan fingerprint density at radius 1 is 1.35 bits per heavy atom. The number of amides is 1. The zero-order valence-corrected chi connectivity index (χ0v) is 10.9. The van der Waals surface area contributed by atoms with E-state index in [0.29, 0.717) is 11.5 Å². The Morgan fingerprint density at radius 3 is 2.55 bits per heavy atom. The van der Waals surface area contributed by atoms with Gasteiger partial charge >= 0.3 is 0 Å². The van der Waals surface area contributed by atoms with E-state index in [0.717, 1.165) is 0 Å². The molecule has 0 spiro atoms. The summed E-state index contributed by atoms with van der Waals surface area (Å²) in [4.78, 5) is 11.9. The van der Waals surface area contributed by atoms with Crippen LogP contribution in [0.15, 0.2) is 24.3 Å². The number of halogens is 2. The van der Waals surface area contributed by atoms with Crippen molar-refractivity contribution in [2.75, 3.05) is 13.1 Å². The number of nitrogens with two attached hydrogens (primary N) is 1. The third kappa shape index (κ3) is 3.16. The van der Waals surface area contributed by atoms with Crippen LogP contribution in [0.25, 0.3) is 0 Å². The minimum atomic E-state index is -3.13. The molecule has 20 heavy (non-hydrogen) atoms. The smallest absolute Gasteiger partial charge is 0.277 e. The Hall–Kier alpha value is -1.89. The highest BCUT2D eigenvalue weighted by Crippen LogP contribution is 2.33. The molecular formula is C13H16F2N2O3.